The molecule has 0 heterocycles. The van der Waals surface area contributed by atoms with E-state index in [2.05, 4.69) is 38.2 Å². The highest BCUT2D eigenvalue weighted by Gasteiger charge is 2.41. The molecule has 2 unspecified atom stereocenters. The van der Waals surface area contributed by atoms with Crippen LogP contribution in [0.4, 0.5) is 0 Å². The summed E-state index contributed by atoms with van der Waals surface area (Å²) in [7, 11) is 2.01. The summed E-state index contributed by atoms with van der Waals surface area (Å²) in [4.78, 5) is 24.0. The van der Waals surface area contributed by atoms with Gasteiger partial charge in [0.15, 0.2) is 0 Å². The Labute approximate surface area is 316 Å². The minimum absolute atomic E-state index is 0.0189. The summed E-state index contributed by atoms with van der Waals surface area (Å²) < 4.78 is 0.339. The lowest BCUT2D eigenvalue weighted by Crippen LogP contribution is -2.61. The van der Waals surface area contributed by atoms with E-state index in [9.17, 15) is 24.9 Å². The molecule has 300 valence electrons. The fraction of sp³-hybridized carbons (Fsp3) is 0.867. The van der Waals surface area contributed by atoms with Crippen molar-refractivity contribution in [3.05, 3.63) is 24.3 Å². The molecule has 3 N–H and O–H groups in total. The molecule has 0 bridgehead atoms. The van der Waals surface area contributed by atoms with E-state index >= 15 is 0 Å². The third kappa shape index (κ3) is 30.5. The Morgan fingerprint density at radius 3 is 1.02 bits per heavy atom. The number of carbonyl (C=O) groups is 2. The van der Waals surface area contributed by atoms with Crippen LogP contribution >= 0.6 is 0 Å². The molecule has 0 saturated heterocycles. The zero-order chi connectivity index (χ0) is 37.7. The van der Waals surface area contributed by atoms with Crippen molar-refractivity contribution in [3.8, 4) is 0 Å². The molecule has 0 aromatic heterocycles. The normalized spacial score (nSPS) is 14.4. The number of hydrogen-bond acceptors (Lipinski definition) is 3. The molecule has 0 spiro atoms. The Morgan fingerprint density at radius 2 is 0.745 bits per heavy atom. The van der Waals surface area contributed by atoms with Crippen LogP contribution in [0.15, 0.2) is 24.3 Å². The lowest BCUT2D eigenvalue weighted by atomic mass is 9.93. The standard InChI is InChI=1S/C45H85NO5/c1-4-6-8-10-12-14-16-18-20-22-24-26-28-30-32-34-36-42(40-44(48)49)46(3,38-39-47)43(41-45(50)51)37-35-33-31-29-27-25-23-21-19-17-15-13-11-9-7-5-2/h18-21,42-43,47H,4-17,22-41H2,1-3H3,(H-,48,49,50,51)/p+1/b20-18-,21-19-. The summed E-state index contributed by atoms with van der Waals surface area (Å²) in [6.45, 7) is 4.86. The van der Waals surface area contributed by atoms with Gasteiger partial charge in [0.2, 0.25) is 0 Å². The van der Waals surface area contributed by atoms with E-state index in [1.807, 2.05) is 7.05 Å². The third-order valence-electron chi connectivity index (χ3n) is 11.2. The Morgan fingerprint density at radius 1 is 0.471 bits per heavy atom. The van der Waals surface area contributed by atoms with E-state index in [0.717, 1.165) is 64.2 Å². The van der Waals surface area contributed by atoms with Gasteiger partial charge in [-0.1, -0.05) is 154 Å². The van der Waals surface area contributed by atoms with Gasteiger partial charge in [0.25, 0.3) is 0 Å². The Balaban J connectivity index is 4.54. The average molecular weight is 721 g/mol. The average Bonchev–Trinajstić information content (AvgIpc) is 3.10. The molecular formula is C45H86NO5+. The maximum atomic E-state index is 12.0. The molecule has 0 aliphatic heterocycles. The molecule has 0 radical (unpaired) electrons. The van der Waals surface area contributed by atoms with Gasteiger partial charge in [0, 0.05) is 12.8 Å². The number of hydrogen-bond donors (Lipinski definition) is 3. The molecular weight excluding hydrogens is 634 g/mol. The number of likely N-dealkylation sites (N-methyl/N-ethyl adjacent to an activating group) is 1. The largest absolute Gasteiger partial charge is 0.481 e. The molecule has 0 amide bonds. The lowest BCUT2D eigenvalue weighted by molar-refractivity contribution is -0.956. The predicted molar refractivity (Wildman–Crippen MR) is 218 cm³/mol. The van der Waals surface area contributed by atoms with Crippen LogP contribution in [0.25, 0.3) is 0 Å². The first kappa shape index (κ1) is 49.3. The molecule has 51 heavy (non-hydrogen) atoms. The maximum absolute atomic E-state index is 12.0. The number of aliphatic hydroxyl groups is 1. The quantitative estimate of drug-likeness (QED) is 0.0333. The number of unbranched alkanes of at least 4 members (excludes halogenated alkanes) is 24. The van der Waals surface area contributed by atoms with Crippen LogP contribution in [-0.4, -0.2) is 64.0 Å². The van der Waals surface area contributed by atoms with Gasteiger partial charge in [-0.15, -0.1) is 0 Å². The highest BCUT2D eigenvalue weighted by molar-refractivity contribution is 5.68. The van der Waals surface area contributed by atoms with Crippen LogP contribution in [-0.2, 0) is 9.59 Å². The van der Waals surface area contributed by atoms with Crippen molar-refractivity contribution in [3.63, 3.8) is 0 Å². The number of nitrogens with zero attached hydrogens (tertiary/aromatic N) is 1. The second-order valence-electron chi connectivity index (χ2n) is 15.8. The van der Waals surface area contributed by atoms with Crippen molar-refractivity contribution in [1.29, 1.82) is 0 Å². The number of aliphatic hydroxyl groups excluding tert-OH is 1. The topological polar surface area (TPSA) is 94.8 Å². The number of allylic oxidation sites excluding steroid dienone is 4. The monoisotopic (exact) mass is 721 g/mol. The smallest absolute Gasteiger partial charge is 0.309 e. The van der Waals surface area contributed by atoms with Crippen molar-refractivity contribution >= 4 is 11.9 Å². The molecule has 6 nitrogen and oxygen atoms in total. The van der Waals surface area contributed by atoms with E-state index in [1.165, 1.54) is 128 Å². The van der Waals surface area contributed by atoms with Crippen LogP contribution in [0.5, 0.6) is 0 Å². The Hall–Kier alpha value is -1.66. The fourth-order valence-electron chi connectivity index (χ4n) is 7.75. The van der Waals surface area contributed by atoms with Gasteiger partial charge in [-0.3, -0.25) is 9.59 Å². The van der Waals surface area contributed by atoms with Crippen molar-refractivity contribution in [2.45, 2.75) is 231 Å². The van der Waals surface area contributed by atoms with Gasteiger partial charge < -0.3 is 19.8 Å². The van der Waals surface area contributed by atoms with E-state index in [0.29, 0.717) is 11.0 Å². The van der Waals surface area contributed by atoms with Gasteiger partial charge in [0.05, 0.1) is 38.6 Å². The minimum atomic E-state index is -0.835. The first-order chi connectivity index (χ1) is 24.8. The van der Waals surface area contributed by atoms with Gasteiger partial charge in [0.1, 0.15) is 6.54 Å². The number of quaternary nitrogens is 1. The number of carboxylic acids is 2. The fourth-order valence-corrected chi connectivity index (χ4v) is 7.75. The van der Waals surface area contributed by atoms with Gasteiger partial charge in [-0.25, -0.2) is 0 Å². The molecule has 0 aliphatic rings. The Kier molecular flexibility index (Phi) is 35.5. The second-order valence-corrected chi connectivity index (χ2v) is 15.8. The van der Waals surface area contributed by atoms with E-state index in [1.54, 1.807) is 0 Å². The molecule has 0 aromatic carbocycles. The van der Waals surface area contributed by atoms with Crippen molar-refractivity contribution in [1.82, 2.24) is 0 Å². The summed E-state index contributed by atoms with van der Waals surface area (Å²) in [5.41, 5.74) is 0. The summed E-state index contributed by atoms with van der Waals surface area (Å²) in [6, 6.07) is -0.380. The van der Waals surface area contributed by atoms with Crippen molar-refractivity contribution < 1.29 is 29.4 Å². The zero-order valence-corrected chi connectivity index (χ0v) is 34.1. The van der Waals surface area contributed by atoms with Crippen LogP contribution in [0.1, 0.15) is 219 Å². The maximum Gasteiger partial charge on any atom is 0.309 e. The number of carboxylic acid groups (broad SMARTS) is 2. The summed E-state index contributed by atoms with van der Waals surface area (Å²) >= 11 is 0. The lowest BCUT2D eigenvalue weighted by Gasteiger charge is -2.47. The number of aliphatic carboxylic acids is 2. The van der Waals surface area contributed by atoms with E-state index in [4.69, 9.17) is 0 Å². The first-order valence-electron chi connectivity index (χ1n) is 22.0. The SMILES string of the molecule is CCCCCCCC/C=C\CCCCCCCCC(CC(=O)O)[N+](C)(CCO)C(CCCCCCCC/C=C\CCCCCCCC)CC(=O)O. The molecule has 6 heteroatoms. The molecule has 0 fully saturated rings. The minimum Gasteiger partial charge on any atom is -0.481 e. The molecule has 0 saturated carbocycles. The van der Waals surface area contributed by atoms with Gasteiger partial charge in [-0.05, 0) is 64.2 Å². The van der Waals surface area contributed by atoms with E-state index < -0.39 is 11.9 Å². The highest BCUT2D eigenvalue weighted by atomic mass is 16.4. The molecule has 2 atom stereocenters. The second kappa shape index (κ2) is 36.7. The van der Waals surface area contributed by atoms with Crippen molar-refractivity contribution in [2.24, 2.45) is 0 Å². The molecule has 0 aliphatic carbocycles. The summed E-state index contributed by atoms with van der Waals surface area (Å²) in [5, 5.41) is 29.8. The third-order valence-corrected chi connectivity index (χ3v) is 11.2. The van der Waals surface area contributed by atoms with Crippen molar-refractivity contribution in [2.75, 3.05) is 20.2 Å². The Bertz CT molecular complexity index is 778. The first-order valence-corrected chi connectivity index (χ1v) is 22.0. The van der Waals surface area contributed by atoms with Crippen LogP contribution < -0.4 is 0 Å². The van der Waals surface area contributed by atoms with Gasteiger partial charge in [-0.2, -0.15) is 0 Å². The summed E-state index contributed by atoms with van der Waals surface area (Å²) in [6.07, 6.45) is 45.6. The number of rotatable bonds is 40. The van der Waals surface area contributed by atoms with Gasteiger partial charge >= 0.3 is 11.9 Å². The predicted octanol–water partition coefficient (Wildman–Crippen LogP) is 13.0. The highest BCUT2D eigenvalue weighted by Crippen LogP contribution is 2.29. The molecule has 0 aromatic rings. The summed E-state index contributed by atoms with van der Waals surface area (Å²) in [5.74, 6) is -1.67. The van der Waals surface area contributed by atoms with Crippen LogP contribution in [0.2, 0.25) is 0 Å². The van der Waals surface area contributed by atoms with Crippen LogP contribution in [0, 0.1) is 0 Å². The van der Waals surface area contributed by atoms with E-state index in [-0.39, 0.29) is 31.5 Å². The zero-order valence-electron chi connectivity index (χ0n) is 34.1. The van der Waals surface area contributed by atoms with Crippen LogP contribution in [0.3, 0.4) is 0 Å². The molecule has 0 rings (SSSR count).